The molecule has 1 atom stereocenters. The van der Waals surface area contributed by atoms with Crippen molar-refractivity contribution in [2.45, 2.75) is 25.4 Å². The fourth-order valence-corrected chi connectivity index (χ4v) is 4.08. The minimum absolute atomic E-state index is 0.0254. The van der Waals surface area contributed by atoms with Crippen LogP contribution in [0.5, 0.6) is 5.75 Å². The molecule has 4 heterocycles. The van der Waals surface area contributed by atoms with E-state index in [2.05, 4.69) is 31.7 Å². The van der Waals surface area contributed by atoms with Crippen LogP contribution in [-0.4, -0.2) is 56.8 Å². The van der Waals surface area contributed by atoms with E-state index >= 15 is 0 Å². The standard InChI is InChI=1S/C22H19N7O4/c23-7-13-2-1-5-29(13)22(32)14-9-24-19-18(14)26-11-27-20(19)21(31)25-8-12-3-4-16-15(6-12)28-17(30)10-33-16/h3-4,6,9,11,13,24H,1-2,5,8,10H2,(H,25,31)(H,28,30). The second-order valence-electron chi connectivity index (χ2n) is 7.78. The number of carbonyl (C=O) groups is 3. The molecule has 0 saturated carbocycles. The number of ether oxygens (including phenoxy) is 1. The first-order valence-electron chi connectivity index (χ1n) is 10.4. The van der Waals surface area contributed by atoms with E-state index in [0.29, 0.717) is 41.0 Å². The first-order chi connectivity index (χ1) is 16.0. The molecule has 166 valence electrons. The third-order valence-corrected chi connectivity index (χ3v) is 5.70. The largest absolute Gasteiger partial charge is 0.482 e. The summed E-state index contributed by atoms with van der Waals surface area (Å²) in [5.41, 5.74) is 2.39. The van der Waals surface area contributed by atoms with Crippen molar-refractivity contribution in [3.05, 3.63) is 47.5 Å². The number of aromatic nitrogens is 3. The van der Waals surface area contributed by atoms with Crippen LogP contribution in [0.1, 0.15) is 39.3 Å². The van der Waals surface area contributed by atoms with Crippen LogP contribution >= 0.6 is 0 Å². The van der Waals surface area contributed by atoms with E-state index in [0.717, 1.165) is 12.0 Å². The molecule has 0 aliphatic carbocycles. The Kier molecular flexibility index (Phi) is 5.10. The third kappa shape index (κ3) is 3.71. The molecule has 1 saturated heterocycles. The Morgan fingerprint density at radius 2 is 2.21 bits per heavy atom. The molecule has 3 amide bonds. The van der Waals surface area contributed by atoms with Crippen LogP contribution in [0.4, 0.5) is 5.69 Å². The number of H-pyrrole nitrogens is 1. The zero-order valence-electron chi connectivity index (χ0n) is 17.4. The highest BCUT2D eigenvalue weighted by molar-refractivity contribution is 6.10. The number of rotatable bonds is 4. The van der Waals surface area contributed by atoms with Crippen LogP contribution in [0.3, 0.4) is 0 Å². The zero-order chi connectivity index (χ0) is 22.9. The summed E-state index contributed by atoms with van der Waals surface area (Å²) >= 11 is 0. The lowest BCUT2D eigenvalue weighted by molar-refractivity contribution is -0.118. The van der Waals surface area contributed by atoms with Crippen LogP contribution in [0.2, 0.25) is 0 Å². The van der Waals surface area contributed by atoms with Crippen LogP contribution in [-0.2, 0) is 11.3 Å². The number of benzene rings is 1. The average molecular weight is 445 g/mol. The monoisotopic (exact) mass is 445 g/mol. The van der Waals surface area contributed by atoms with Gasteiger partial charge in [-0.2, -0.15) is 5.26 Å². The number of anilines is 1. The van der Waals surface area contributed by atoms with Gasteiger partial charge in [0.25, 0.3) is 17.7 Å². The van der Waals surface area contributed by atoms with E-state index < -0.39 is 11.9 Å². The molecule has 1 fully saturated rings. The van der Waals surface area contributed by atoms with Crippen LogP contribution < -0.4 is 15.4 Å². The summed E-state index contributed by atoms with van der Waals surface area (Å²) in [5, 5.41) is 14.8. The number of nitrogens with zero attached hydrogens (tertiary/aromatic N) is 4. The van der Waals surface area contributed by atoms with Gasteiger partial charge < -0.3 is 25.3 Å². The number of aromatic amines is 1. The quantitative estimate of drug-likeness (QED) is 0.548. The molecule has 1 aromatic carbocycles. The van der Waals surface area contributed by atoms with Gasteiger partial charge in [0.2, 0.25) is 0 Å². The molecule has 0 spiro atoms. The fourth-order valence-electron chi connectivity index (χ4n) is 4.08. The minimum atomic E-state index is -0.459. The van der Waals surface area contributed by atoms with E-state index in [1.165, 1.54) is 17.4 Å². The van der Waals surface area contributed by atoms with Gasteiger partial charge in [-0.1, -0.05) is 6.07 Å². The summed E-state index contributed by atoms with van der Waals surface area (Å²) in [5.74, 6) is -0.410. The first-order valence-corrected chi connectivity index (χ1v) is 10.4. The van der Waals surface area contributed by atoms with Gasteiger partial charge in [0.1, 0.15) is 23.6 Å². The maximum Gasteiger partial charge on any atom is 0.272 e. The van der Waals surface area contributed by atoms with Crippen molar-refractivity contribution in [1.29, 1.82) is 5.26 Å². The van der Waals surface area contributed by atoms with E-state index in [-0.39, 0.29) is 30.7 Å². The molecule has 3 aromatic rings. The Labute approximate surface area is 187 Å². The second-order valence-corrected chi connectivity index (χ2v) is 7.78. The van der Waals surface area contributed by atoms with Gasteiger partial charge in [-0.15, -0.1) is 0 Å². The molecule has 2 aliphatic heterocycles. The normalized spacial score (nSPS) is 17.1. The van der Waals surface area contributed by atoms with Crippen molar-refractivity contribution < 1.29 is 19.1 Å². The predicted molar refractivity (Wildman–Crippen MR) is 115 cm³/mol. The Morgan fingerprint density at radius 1 is 1.33 bits per heavy atom. The van der Waals surface area contributed by atoms with Gasteiger partial charge in [-0.05, 0) is 30.5 Å². The lowest BCUT2D eigenvalue weighted by atomic mass is 10.1. The minimum Gasteiger partial charge on any atom is -0.482 e. The van der Waals surface area contributed by atoms with Gasteiger partial charge in [-0.3, -0.25) is 14.4 Å². The summed E-state index contributed by atoms with van der Waals surface area (Å²) in [4.78, 5) is 50.1. The smallest absolute Gasteiger partial charge is 0.272 e. The molecular formula is C22H19N7O4. The molecule has 2 aliphatic rings. The molecule has 5 rings (SSSR count). The fraction of sp³-hybridized carbons (Fsp3) is 0.273. The van der Waals surface area contributed by atoms with Crippen molar-refractivity contribution in [2.75, 3.05) is 18.5 Å². The van der Waals surface area contributed by atoms with Crippen molar-refractivity contribution in [3.8, 4) is 11.8 Å². The summed E-state index contributed by atoms with van der Waals surface area (Å²) < 4.78 is 5.34. The van der Waals surface area contributed by atoms with Gasteiger partial charge in [0, 0.05) is 19.3 Å². The summed E-state index contributed by atoms with van der Waals surface area (Å²) in [6.07, 6.45) is 4.15. The summed E-state index contributed by atoms with van der Waals surface area (Å²) in [7, 11) is 0. The average Bonchev–Trinajstić information content (AvgIpc) is 3.48. The highest BCUT2D eigenvalue weighted by Gasteiger charge is 2.31. The second kappa shape index (κ2) is 8.23. The highest BCUT2D eigenvalue weighted by Crippen LogP contribution is 2.28. The summed E-state index contributed by atoms with van der Waals surface area (Å²) in [6, 6.07) is 6.95. The van der Waals surface area contributed by atoms with Gasteiger partial charge in [0.15, 0.2) is 12.3 Å². The van der Waals surface area contributed by atoms with Gasteiger partial charge in [0.05, 0.1) is 22.8 Å². The van der Waals surface area contributed by atoms with Crippen molar-refractivity contribution in [1.82, 2.24) is 25.2 Å². The molecule has 11 nitrogen and oxygen atoms in total. The first kappa shape index (κ1) is 20.4. The molecule has 33 heavy (non-hydrogen) atoms. The number of amides is 3. The summed E-state index contributed by atoms with van der Waals surface area (Å²) in [6.45, 7) is 0.675. The van der Waals surface area contributed by atoms with Crippen molar-refractivity contribution in [3.63, 3.8) is 0 Å². The molecule has 2 aromatic heterocycles. The van der Waals surface area contributed by atoms with E-state index in [1.54, 1.807) is 18.2 Å². The van der Waals surface area contributed by atoms with E-state index in [9.17, 15) is 19.6 Å². The Bertz CT molecular complexity index is 1330. The zero-order valence-corrected chi connectivity index (χ0v) is 17.4. The molecule has 11 heteroatoms. The molecule has 1 unspecified atom stereocenters. The van der Waals surface area contributed by atoms with Gasteiger partial charge in [-0.25, -0.2) is 9.97 Å². The maximum absolute atomic E-state index is 13.0. The number of hydrogen-bond donors (Lipinski definition) is 3. The number of nitriles is 1. The Morgan fingerprint density at radius 3 is 3.06 bits per heavy atom. The van der Waals surface area contributed by atoms with Crippen LogP contribution in [0, 0.1) is 11.3 Å². The molecule has 3 N–H and O–H groups in total. The Balaban J connectivity index is 1.35. The number of carbonyl (C=O) groups excluding carboxylic acids is 3. The molecular weight excluding hydrogens is 426 g/mol. The van der Waals surface area contributed by atoms with Gasteiger partial charge >= 0.3 is 0 Å². The van der Waals surface area contributed by atoms with Crippen molar-refractivity contribution >= 4 is 34.4 Å². The topological polar surface area (TPSA) is 153 Å². The lowest BCUT2D eigenvalue weighted by Gasteiger charge is -2.18. The van der Waals surface area contributed by atoms with E-state index in [1.807, 2.05) is 0 Å². The highest BCUT2D eigenvalue weighted by atomic mass is 16.5. The lowest BCUT2D eigenvalue weighted by Crippen LogP contribution is -2.34. The number of hydrogen-bond acceptors (Lipinski definition) is 7. The van der Waals surface area contributed by atoms with Crippen LogP contribution in [0.25, 0.3) is 11.0 Å². The molecule has 0 bridgehead atoms. The number of fused-ring (bicyclic) bond motifs is 2. The van der Waals surface area contributed by atoms with E-state index in [4.69, 9.17) is 4.74 Å². The predicted octanol–water partition coefficient (Wildman–Crippen LogP) is 1.35. The van der Waals surface area contributed by atoms with Crippen LogP contribution in [0.15, 0.2) is 30.7 Å². The maximum atomic E-state index is 13.0. The Hall–Kier alpha value is -4.46. The third-order valence-electron chi connectivity index (χ3n) is 5.70. The molecule has 0 radical (unpaired) electrons. The van der Waals surface area contributed by atoms with Crippen molar-refractivity contribution in [2.24, 2.45) is 0 Å². The SMILES string of the molecule is N#CC1CCCN1C(=O)c1c[nH]c2c(C(=O)NCc3ccc4c(c3)NC(=O)CO4)ncnc12. The number of likely N-dealkylation sites (tertiary alicyclic amines) is 1. The number of nitrogens with one attached hydrogen (secondary N) is 3.